The summed E-state index contributed by atoms with van der Waals surface area (Å²) in [4.78, 5) is 0. The van der Waals surface area contributed by atoms with Gasteiger partial charge in [-0.1, -0.05) is 0 Å². The quantitative estimate of drug-likeness (QED) is 0.769. The van der Waals surface area contributed by atoms with E-state index >= 15 is 0 Å². The zero-order valence-electron chi connectivity index (χ0n) is 7.24. The highest BCUT2D eigenvalue weighted by atomic mass is 32.2. The SMILES string of the molecule is CC(C)n1c(N)nnc1SC(F)F. The van der Waals surface area contributed by atoms with Gasteiger partial charge in [0.2, 0.25) is 5.95 Å². The zero-order chi connectivity index (χ0) is 10.0. The zero-order valence-corrected chi connectivity index (χ0v) is 8.05. The predicted octanol–water partition coefficient (Wildman–Crippen LogP) is 1.76. The lowest BCUT2D eigenvalue weighted by Gasteiger charge is -2.10. The van der Waals surface area contributed by atoms with Crippen LogP contribution in [0.3, 0.4) is 0 Å². The largest absolute Gasteiger partial charge is 0.368 e. The molecule has 1 aromatic heterocycles. The Morgan fingerprint density at radius 1 is 1.38 bits per heavy atom. The first kappa shape index (κ1) is 10.2. The summed E-state index contributed by atoms with van der Waals surface area (Å²) in [6, 6.07) is -0.0174. The first-order chi connectivity index (χ1) is 6.02. The summed E-state index contributed by atoms with van der Waals surface area (Å²) in [5.74, 6) is -2.33. The molecule has 0 bridgehead atoms. The number of hydrogen-bond acceptors (Lipinski definition) is 4. The lowest BCUT2D eigenvalue weighted by Crippen LogP contribution is -2.07. The van der Waals surface area contributed by atoms with Crippen LogP contribution in [0.2, 0.25) is 0 Å². The molecule has 4 nitrogen and oxygen atoms in total. The van der Waals surface area contributed by atoms with Crippen LogP contribution in [0.15, 0.2) is 5.16 Å². The molecule has 0 amide bonds. The highest BCUT2D eigenvalue weighted by Crippen LogP contribution is 2.27. The maximum atomic E-state index is 12.0. The van der Waals surface area contributed by atoms with Crippen LogP contribution < -0.4 is 5.73 Å². The van der Waals surface area contributed by atoms with Crippen LogP contribution in [0, 0.1) is 0 Å². The molecule has 0 aromatic carbocycles. The van der Waals surface area contributed by atoms with E-state index in [0.29, 0.717) is 11.8 Å². The smallest absolute Gasteiger partial charge is 0.291 e. The second-order valence-electron chi connectivity index (χ2n) is 2.68. The number of halogens is 2. The molecule has 74 valence electrons. The monoisotopic (exact) mass is 208 g/mol. The van der Waals surface area contributed by atoms with Crippen LogP contribution in [-0.2, 0) is 0 Å². The molecule has 2 N–H and O–H groups in total. The lowest BCUT2D eigenvalue weighted by atomic mass is 10.4. The van der Waals surface area contributed by atoms with E-state index in [1.807, 2.05) is 13.8 Å². The van der Waals surface area contributed by atoms with Crippen molar-refractivity contribution in [1.29, 1.82) is 0 Å². The Balaban J connectivity index is 2.94. The number of nitrogens with two attached hydrogens (primary N) is 1. The number of anilines is 1. The van der Waals surface area contributed by atoms with Gasteiger partial charge in [0.25, 0.3) is 5.76 Å². The highest BCUT2D eigenvalue weighted by molar-refractivity contribution is 7.99. The summed E-state index contributed by atoms with van der Waals surface area (Å²) in [5, 5.41) is 7.23. The standard InChI is InChI=1S/C6H10F2N4S/c1-3(2)12-5(9)10-11-6(12)13-4(7)8/h3-4H,1-2H3,(H2,9,10). The summed E-state index contributed by atoms with van der Waals surface area (Å²) >= 11 is 0.350. The van der Waals surface area contributed by atoms with Gasteiger partial charge < -0.3 is 5.73 Å². The Morgan fingerprint density at radius 2 is 2.00 bits per heavy atom. The number of aromatic nitrogens is 3. The Bertz CT molecular complexity index is 286. The Labute approximate surface area is 78.5 Å². The molecule has 0 radical (unpaired) electrons. The number of nitrogens with zero attached hydrogens (tertiary/aromatic N) is 3. The molecule has 7 heteroatoms. The Kier molecular flexibility index (Phi) is 3.07. The highest BCUT2D eigenvalue weighted by Gasteiger charge is 2.16. The van der Waals surface area contributed by atoms with Crippen molar-refractivity contribution in [2.45, 2.75) is 30.8 Å². The summed E-state index contributed by atoms with van der Waals surface area (Å²) in [5.41, 5.74) is 5.45. The van der Waals surface area contributed by atoms with E-state index in [-0.39, 0.29) is 17.1 Å². The van der Waals surface area contributed by atoms with Gasteiger partial charge in [-0.3, -0.25) is 4.57 Å². The van der Waals surface area contributed by atoms with Crippen LogP contribution in [0.5, 0.6) is 0 Å². The van der Waals surface area contributed by atoms with Gasteiger partial charge in [-0.05, 0) is 25.6 Å². The first-order valence-corrected chi connectivity index (χ1v) is 4.55. The van der Waals surface area contributed by atoms with Crippen molar-refractivity contribution in [2.75, 3.05) is 5.73 Å². The maximum absolute atomic E-state index is 12.0. The maximum Gasteiger partial charge on any atom is 0.291 e. The van der Waals surface area contributed by atoms with E-state index in [1.165, 1.54) is 4.57 Å². The van der Waals surface area contributed by atoms with Crippen molar-refractivity contribution in [1.82, 2.24) is 14.8 Å². The summed E-state index contributed by atoms with van der Waals surface area (Å²) in [7, 11) is 0. The van der Waals surface area contributed by atoms with E-state index in [1.54, 1.807) is 0 Å². The molecule has 0 spiro atoms. The first-order valence-electron chi connectivity index (χ1n) is 3.67. The normalized spacial score (nSPS) is 11.5. The molecule has 0 atom stereocenters. The van der Waals surface area contributed by atoms with Crippen LogP contribution in [0.4, 0.5) is 14.7 Å². The minimum absolute atomic E-state index is 0.0174. The van der Waals surface area contributed by atoms with Gasteiger partial charge in [0.15, 0.2) is 5.16 Å². The predicted molar refractivity (Wildman–Crippen MR) is 46.7 cm³/mol. The Hall–Kier alpha value is -0.850. The minimum atomic E-state index is -2.50. The van der Waals surface area contributed by atoms with E-state index in [4.69, 9.17) is 5.73 Å². The van der Waals surface area contributed by atoms with E-state index in [0.717, 1.165) is 0 Å². The third-order valence-electron chi connectivity index (χ3n) is 1.40. The van der Waals surface area contributed by atoms with Crippen LogP contribution in [0.25, 0.3) is 0 Å². The molecule has 1 aromatic rings. The van der Waals surface area contributed by atoms with Crippen molar-refractivity contribution < 1.29 is 8.78 Å². The number of nitrogen functional groups attached to an aromatic ring is 1. The summed E-state index contributed by atoms with van der Waals surface area (Å²) < 4.78 is 25.5. The van der Waals surface area contributed by atoms with Crippen molar-refractivity contribution in [3.8, 4) is 0 Å². The second kappa shape index (κ2) is 3.91. The minimum Gasteiger partial charge on any atom is -0.368 e. The van der Waals surface area contributed by atoms with Crippen molar-refractivity contribution in [3.05, 3.63) is 0 Å². The van der Waals surface area contributed by atoms with Crippen molar-refractivity contribution in [3.63, 3.8) is 0 Å². The number of alkyl halides is 2. The molecule has 1 heterocycles. The Morgan fingerprint density at radius 3 is 2.46 bits per heavy atom. The number of rotatable bonds is 3. The lowest BCUT2D eigenvalue weighted by molar-refractivity contribution is 0.251. The fraction of sp³-hybridized carbons (Fsp3) is 0.667. The fourth-order valence-corrected chi connectivity index (χ4v) is 1.60. The molecular weight excluding hydrogens is 198 g/mol. The average molecular weight is 208 g/mol. The molecule has 0 fully saturated rings. The van der Waals surface area contributed by atoms with E-state index < -0.39 is 5.76 Å². The van der Waals surface area contributed by atoms with E-state index in [2.05, 4.69) is 10.2 Å². The molecule has 13 heavy (non-hydrogen) atoms. The molecule has 0 unspecified atom stereocenters. The van der Waals surface area contributed by atoms with Gasteiger partial charge in [0.1, 0.15) is 0 Å². The van der Waals surface area contributed by atoms with Gasteiger partial charge in [-0.2, -0.15) is 8.78 Å². The van der Waals surface area contributed by atoms with Crippen LogP contribution >= 0.6 is 11.8 Å². The molecule has 0 saturated heterocycles. The van der Waals surface area contributed by atoms with Gasteiger partial charge >= 0.3 is 0 Å². The number of thioether (sulfide) groups is 1. The average Bonchev–Trinajstić information content (AvgIpc) is 2.30. The van der Waals surface area contributed by atoms with Gasteiger partial charge in [-0.15, -0.1) is 10.2 Å². The molecule has 0 aliphatic rings. The van der Waals surface area contributed by atoms with Crippen LogP contribution in [0.1, 0.15) is 19.9 Å². The van der Waals surface area contributed by atoms with Crippen molar-refractivity contribution in [2.24, 2.45) is 0 Å². The van der Waals surface area contributed by atoms with Crippen LogP contribution in [-0.4, -0.2) is 20.5 Å². The molecule has 0 aliphatic heterocycles. The summed E-state index contributed by atoms with van der Waals surface area (Å²) in [6.07, 6.45) is 0. The number of hydrogen-bond donors (Lipinski definition) is 1. The molecule has 0 saturated carbocycles. The molecule has 0 aliphatic carbocycles. The van der Waals surface area contributed by atoms with Gasteiger partial charge in [0, 0.05) is 6.04 Å². The summed E-state index contributed by atoms with van der Waals surface area (Å²) in [6.45, 7) is 3.66. The third-order valence-corrected chi connectivity index (χ3v) is 2.07. The molecular formula is C6H10F2N4S. The second-order valence-corrected chi connectivity index (χ2v) is 3.64. The molecule has 1 rings (SSSR count). The van der Waals surface area contributed by atoms with E-state index in [9.17, 15) is 8.78 Å². The topological polar surface area (TPSA) is 56.7 Å². The van der Waals surface area contributed by atoms with Gasteiger partial charge in [0.05, 0.1) is 0 Å². The van der Waals surface area contributed by atoms with Gasteiger partial charge in [-0.25, -0.2) is 0 Å². The van der Waals surface area contributed by atoms with Crippen molar-refractivity contribution >= 4 is 17.7 Å². The fourth-order valence-electron chi connectivity index (χ4n) is 0.934. The third kappa shape index (κ3) is 2.30.